The Balaban J connectivity index is 1.71. The first-order valence-corrected chi connectivity index (χ1v) is 12.6. The van der Waals surface area contributed by atoms with Crippen molar-refractivity contribution >= 4 is 5.97 Å². The molecular formula is C31H33F3O4. The number of hydrogen-bond donors (Lipinski definition) is 1. The van der Waals surface area contributed by atoms with Crippen molar-refractivity contribution in [3.8, 4) is 5.75 Å². The maximum Gasteiger partial charge on any atom is 0.573 e. The molecule has 1 aliphatic rings. The summed E-state index contributed by atoms with van der Waals surface area (Å²) in [6.45, 7) is 11.2. The standard InChI is InChI=1S/C31H33F3O4/c1-19-16-25-26(30(4,5)15-14-29(25,2)3)17-24(19)27(21-8-10-22(11-9-21)28(35)36)37-18-20-6-12-23(13-7-20)38-31(32,33)34/h6-13,16-17,27H,14-15,18H2,1-5H3,(H,35,36). The van der Waals surface area contributed by atoms with Crippen LogP contribution in [0.4, 0.5) is 13.2 Å². The van der Waals surface area contributed by atoms with Crippen molar-refractivity contribution in [2.24, 2.45) is 0 Å². The van der Waals surface area contributed by atoms with E-state index in [1.54, 1.807) is 24.3 Å². The number of alkyl halides is 3. The second kappa shape index (κ2) is 10.1. The van der Waals surface area contributed by atoms with E-state index in [-0.39, 0.29) is 28.7 Å². The second-order valence-electron chi connectivity index (χ2n) is 11.3. The summed E-state index contributed by atoms with van der Waals surface area (Å²) >= 11 is 0. The molecule has 1 N–H and O–H groups in total. The van der Waals surface area contributed by atoms with E-state index in [1.165, 1.54) is 35.4 Å². The largest absolute Gasteiger partial charge is 0.573 e. The third-order valence-electron chi connectivity index (χ3n) is 7.56. The maximum atomic E-state index is 12.5. The van der Waals surface area contributed by atoms with Crippen molar-refractivity contribution in [3.05, 3.63) is 99.6 Å². The van der Waals surface area contributed by atoms with Crippen LogP contribution in [-0.2, 0) is 22.2 Å². The van der Waals surface area contributed by atoms with E-state index in [2.05, 4.69) is 51.5 Å². The van der Waals surface area contributed by atoms with E-state index < -0.39 is 18.4 Å². The van der Waals surface area contributed by atoms with Gasteiger partial charge in [-0.3, -0.25) is 0 Å². The van der Waals surface area contributed by atoms with Gasteiger partial charge in [0.05, 0.1) is 12.2 Å². The average molecular weight is 527 g/mol. The van der Waals surface area contributed by atoms with Gasteiger partial charge in [0.2, 0.25) is 0 Å². The molecule has 0 saturated heterocycles. The lowest BCUT2D eigenvalue weighted by atomic mass is 9.62. The predicted molar refractivity (Wildman–Crippen MR) is 140 cm³/mol. The smallest absolute Gasteiger partial charge is 0.478 e. The lowest BCUT2D eigenvalue weighted by Gasteiger charge is -2.42. The quantitative estimate of drug-likeness (QED) is 0.337. The van der Waals surface area contributed by atoms with E-state index >= 15 is 0 Å². The number of ether oxygens (including phenoxy) is 2. The monoisotopic (exact) mass is 526 g/mol. The lowest BCUT2D eigenvalue weighted by molar-refractivity contribution is -0.274. The Bertz CT molecular complexity index is 1310. The number of rotatable bonds is 7. The van der Waals surface area contributed by atoms with Crippen molar-refractivity contribution in [2.75, 3.05) is 0 Å². The van der Waals surface area contributed by atoms with Gasteiger partial charge in [0.25, 0.3) is 0 Å². The molecule has 0 radical (unpaired) electrons. The van der Waals surface area contributed by atoms with Crippen LogP contribution in [-0.4, -0.2) is 17.4 Å². The van der Waals surface area contributed by atoms with Crippen LogP contribution < -0.4 is 4.74 Å². The summed E-state index contributed by atoms with van der Waals surface area (Å²) in [4.78, 5) is 11.4. The van der Waals surface area contributed by atoms with Crippen molar-refractivity contribution in [2.45, 2.75) is 77.4 Å². The van der Waals surface area contributed by atoms with Gasteiger partial charge in [0.1, 0.15) is 11.9 Å². The maximum absolute atomic E-state index is 12.5. The highest BCUT2D eigenvalue weighted by atomic mass is 19.4. The highest BCUT2D eigenvalue weighted by Crippen LogP contribution is 2.47. The zero-order chi connectivity index (χ0) is 27.9. The van der Waals surface area contributed by atoms with Gasteiger partial charge in [-0.1, -0.05) is 64.1 Å². The van der Waals surface area contributed by atoms with Gasteiger partial charge < -0.3 is 14.6 Å². The van der Waals surface area contributed by atoms with Crippen molar-refractivity contribution in [1.82, 2.24) is 0 Å². The Kier molecular flexibility index (Phi) is 7.36. The SMILES string of the molecule is Cc1cc2c(cc1C(OCc1ccc(OC(F)(F)F)cc1)c1ccc(C(=O)O)cc1)C(C)(C)CCC2(C)C. The van der Waals surface area contributed by atoms with Gasteiger partial charge in [-0.2, -0.15) is 0 Å². The van der Waals surface area contributed by atoms with Gasteiger partial charge >= 0.3 is 12.3 Å². The first-order valence-electron chi connectivity index (χ1n) is 12.6. The minimum Gasteiger partial charge on any atom is -0.478 e. The van der Waals surface area contributed by atoms with E-state index in [0.29, 0.717) is 5.56 Å². The van der Waals surface area contributed by atoms with Crippen molar-refractivity contribution < 1.29 is 32.5 Å². The molecule has 4 rings (SSSR count). The Morgan fingerprint density at radius 1 is 0.921 bits per heavy atom. The fraction of sp³-hybridized carbons (Fsp3) is 0.387. The van der Waals surface area contributed by atoms with Gasteiger partial charge in [0, 0.05) is 0 Å². The molecule has 7 heteroatoms. The fourth-order valence-corrected chi connectivity index (χ4v) is 5.15. The summed E-state index contributed by atoms with van der Waals surface area (Å²) < 4.78 is 48.0. The molecule has 1 unspecified atom stereocenters. The van der Waals surface area contributed by atoms with E-state index in [1.807, 2.05) is 0 Å². The minimum atomic E-state index is -4.75. The zero-order valence-corrected chi connectivity index (χ0v) is 22.3. The molecule has 0 saturated carbocycles. The molecule has 0 spiro atoms. The van der Waals surface area contributed by atoms with Gasteiger partial charge in [-0.25, -0.2) is 4.79 Å². The van der Waals surface area contributed by atoms with Crippen LogP contribution in [0.2, 0.25) is 0 Å². The fourth-order valence-electron chi connectivity index (χ4n) is 5.15. The lowest BCUT2D eigenvalue weighted by Crippen LogP contribution is -2.34. The highest BCUT2D eigenvalue weighted by molar-refractivity contribution is 5.87. The molecule has 202 valence electrons. The summed E-state index contributed by atoms with van der Waals surface area (Å²) in [7, 11) is 0. The number of carboxylic acids is 1. The zero-order valence-electron chi connectivity index (χ0n) is 22.3. The third kappa shape index (κ3) is 6.04. The molecule has 0 heterocycles. The van der Waals surface area contributed by atoms with Crippen LogP contribution in [0.1, 0.15) is 90.4 Å². The van der Waals surface area contributed by atoms with Crippen LogP contribution in [0, 0.1) is 6.92 Å². The van der Waals surface area contributed by atoms with Crippen LogP contribution in [0.25, 0.3) is 0 Å². The molecule has 3 aromatic carbocycles. The number of hydrogen-bond acceptors (Lipinski definition) is 3. The molecule has 38 heavy (non-hydrogen) atoms. The molecule has 1 atom stereocenters. The molecular weight excluding hydrogens is 493 g/mol. The van der Waals surface area contributed by atoms with Gasteiger partial charge in [0.15, 0.2) is 0 Å². The van der Waals surface area contributed by atoms with E-state index in [0.717, 1.165) is 29.5 Å². The van der Waals surface area contributed by atoms with Crippen molar-refractivity contribution in [1.29, 1.82) is 0 Å². The Morgan fingerprint density at radius 2 is 1.47 bits per heavy atom. The van der Waals surface area contributed by atoms with Crippen molar-refractivity contribution in [3.63, 3.8) is 0 Å². The number of carboxylic acid groups (broad SMARTS) is 1. The number of carbonyl (C=O) groups is 1. The first-order chi connectivity index (χ1) is 17.7. The molecule has 4 nitrogen and oxygen atoms in total. The predicted octanol–water partition coefficient (Wildman–Crippen LogP) is 8.25. The van der Waals surface area contributed by atoms with Crippen LogP contribution >= 0.6 is 0 Å². The van der Waals surface area contributed by atoms with Crippen LogP contribution in [0.15, 0.2) is 60.7 Å². The number of halogens is 3. The first kappa shape index (κ1) is 27.7. The topological polar surface area (TPSA) is 55.8 Å². The second-order valence-corrected chi connectivity index (χ2v) is 11.3. The number of benzene rings is 3. The van der Waals surface area contributed by atoms with Crippen LogP contribution in [0.3, 0.4) is 0 Å². The minimum absolute atomic E-state index is 0.0146. The summed E-state index contributed by atoms with van der Waals surface area (Å²) in [5, 5.41) is 9.35. The normalized spacial score (nSPS) is 16.9. The summed E-state index contributed by atoms with van der Waals surface area (Å²) in [5.74, 6) is -1.30. The molecule has 0 bridgehead atoms. The molecule has 3 aromatic rings. The van der Waals surface area contributed by atoms with Crippen LogP contribution in [0.5, 0.6) is 5.75 Å². The Labute approximate surface area is 221 Å². The molecule has 0 fully saturated rings. The average Bonchev–Trinajstić information content (AvgIpc) is 2.83. The molecule has 0 aliphatic heterocycles. The summed E-state index contributed by atoms with van der Waals surface area (Å²) in [6.07, 6.45) is -3.11. The molecule has 1 aliphatic carbocycles. The van der Waals surface area contributed by atoms with Gasteiger partial charge in [-0.05, 0) is 88.2 Å². The number of aromatic carboxylic acids is 1. The molecule has 0 amide bonds. The highest BCUT2D eigenvalue weighted by Gasteiger charge is 2.38. The molecule has 0 aromatic heterocycles. The number of fused-ring (bicyclic) bond motifs is 1. The third-order valence-corrected chi connectivity index (χ3v) is 7.56. The summed E-state index contributed by atoms with van der Waals surface area (Å²) in [6, 6.07) is 16.7. The number of aryl methyl sites for hydroxylation is 1. The Morgan fingerprint density at radius 3 is 2.00 bits per heavy atom. The van der Waals surface area contributed by atoms with E-state index in [9.17, 15) is 23.1 Å². The Hall–Kier alpha value is -3.32. The van der Waals surface area contributed by atoms with Gasteiger partial charge in [-0.15, -0.1) is 13.2 Å². The summed E-state index contributed by atoms with van der Waals surface area (Å²) in [5.41, 5.74) is 6.34. The van der Waals surface area contributed by atoms with E-state index in [4.69, 9.17) is 4.74 Å².